The number of carbonyl (C=O) groups excluding carboxylic acids is 2. The van der Waals surface area contributed by atoms with Gasteiger partial charge in [-0.1, -0.05) is 22.0 Å². The Kier molecular flexibility index (Phi) is 5.87. The zero-order chi connectivity index (χ0) is 18.0. The summed E-state index contributed by atoms with van der Waals surface area (Å²) in [6, 6.07) is 5.46. The number of benzene rings is 1. The van der Waals surface area contributed by atoms with Gasteiger partial charge in [0.2, 0.25) is 0 Å². The van der Waals surface area contributed by atoms with Crippen LogP contribution in [0.3, 0.4) is 0 Å². The van der Waals surface area contributed by atoms with Crippen LogP contribution in [0.15, 0.2) is 22.7 Å². The molecule has 1 aromatic rings. The lowest BCUT2D eigenvalue weighted by molar-refractivity contribution is -0.265. The minimum absolute atomic E-state index is 0.166. The van der Waals surface area contributed by atoms with Crippen LogP contribution < -0.4 is 0 Å². The minimum atomic E-state index is -0.255. The van der Waals surface area contributed by atoms with Crippen LogP contribution >= 0.6 is 15.9 Å². The lowest BCUT2D eigenvalue weighted by atomic mass is 9.82. The largest absolute Gasteiger partial charge is 0.367 e. The fourth-order valence-corrected chi connectivity index (χ4v) is 3.92. The Morgan fingerprint density at radius 1 is 1.25 bits per heavy atom. The first kappa shape index (κ1) is 19.1. The highest BCUT2D eigenvalue weighted by molar-refractivity contribution is 9.10. The molecule has 0 bridgehead atoms. The Balaban J connectivity index is 2.03. The van der Waals surface area contributed by atoms with E-state index in [9.17, 15) is 9.59 Å². The predicted octanol–water partition coefficient (Wildman–Crippen LogP) is 4.70. The maximum absolute atomic E-state index is 12.4. The van der Waals surface area contributed by atoms with E-state index in [1.54, 1.807) is 6.07 Å². The molecule has 1 aliphatic heterocycles. The Hall–Kier alpha value is -1.20. The van der Waals surface area contributed by atoms with E-state index >= 15 is 0 Å². The van der Waals surface area contributed by atoms with Crippen molar-refractivity contribution in [3.05, 3.63) is 33.8 Å². The number of aldehydes is 1. The van der Waals surface area contributed by atoms with Crippen LogP contribution in [0.2, 0.25) is 0 Å². The second kappa shape index (κ2) is 7.36. The maximum atomic E-state index is 12.4. The standard InChI is InChI=1S/C19H26BrNO3/c1-18(2)10-5-11-19(3,4)21(18)24-17(23)9-7-14-12-16(20)8-6-15(14)13-22/h6,8,12-13H,5,7,9-11H2,1-4H3. The molecule has 1 aliphatic rings. The SMILES string of the molecule is CC1(C)CCCC(C)(C)N1OC(=O)CCc1cc(Br)ccc1C=O. The van der Waals surface area contributed by atoms with Crippen molar-refractivity contribution in [2.24, 2.45) is 0 Å². The van der Waals surface area contributed by atoms with E-state index in [1.807, 2.05) is 17.2 Å². The van der Waals surface area contributed by atoms with Gasteiger partial charge < -0.3 is 4.84 Å². The van der Waals surface area contributed by atoms with Gasteiger partial charge in [0.05, 0.1) is 17.5 Å². The minimum Gasteiger partial charge on any atom is -0.367 e. The molecular formula is C19H26BrNO3. The van der Waals surface area contributed by atoms with Crippen molar-refractivity contribution < 1.29 is 14.4 Å². The summed E-state index contributed by atoms with van der Waals surface area (Å²) < 4.78 is 0.898. The van der Waals surface area contributed by atoms with Gasteiger partial charge in [0.25, 0.3) is 0 Å². The number of halogens is 1. The second-order valence-corrected chi connectivity index (χ2v) is 8.61. The van der Waals surface area contributed by atoms with Crippen molar-refractivity contribution in [1.82, 2.24) is 5.06 Å². The van der Waals surface area contributed by atoms with Crippen molar-refractivity contribution in [2.75, 3.05) is 0 Å². The summed E-state index contributed by atoms with van der Waals surface area (Å²) in [5.41, 5.74) is 1.14. The lowest BCUT2D eigenvalue weighted by Gasteiger charge is -2.50. The smallest absolute Gasteiger partial charge is 0.325 e. The molecular weight excluding hydrogens is 370 g/mol. The molecule has 0 aliphatic carbocycles. The van der Waals surface area contributed by atoms with E-state index in [2.05, 4.69) is 43.6 Å². The molecule has 1 fully saturated rings. The number of hydrogen-bond donors (Lipinski definition) is 0. The normalized spacial score (nSPS) is 19.7. The number of aryl methyl sites for hydroxylation is 1. The molecule has 2 rings (SSSR count). The van der Waals surface area contributed by atoms with E-state index in [1.165, 1.54) is 0 Å². The van der Waals surface area contributed by atoms with Crippen LogP contribution in [0.4, 0.5) is 0 Å². The average molecular weight is 396 g/mol. The van der Waals surface area contributed by atoms with E-state index < -0.39 is 0 Å². The highest BCUT2D eigenvalue weighted by Gasteiger charge is 2.44. The Morgan fingerprint density at radius 3 is 2.46 bits per heavy atom. The van der Waals surface area contributed by atoms with Gasteiger partial charge in [0.1, 0.15) is 6.29 Å². The third-order valence-corrected chi connectivity index (χ3v) is 5.19. The number of carbonyl (C=O) groups is 2. The van der Waals surface area contributed by atoms with Crippen LogP contribution in [-0.4, -0.2) is 28.4 Å². The molecule has 0 atom stereocenters. The molecule has 132 valence electrons. The quantitative estimate of drug-likeness (QED) is 0.678. The highest BCUT2D eigenvalue weighted by Crippen LogP contribution is 2.38. The molecule has 1 aromatic carbocycles. The summed E-state index contributed by atoms with van der Waals surface area (Å²) in [7, 11) is 0. The van der Waals surface area contributed by atoms with Crippen molar-refractivity contribution >= 4 is 28.2 Å². The summed E-state index contributed by atoms with van der Waals surface area (Å²) in [6.45, 7) is 8.44. The lowest BCUT2D eigenvalue weighted by Crippen LogP contribution is -2.58. The molecule has 0 N–H and O–H groups in total. The molecule has 24 heavy (non-hydrogen) atoms. The van der Waals surface area contributed by atoms with E-state index in [4.69, 9.17) is 4.84 Å². The van der Waals surface area contributed by atoms with Crippen molar-refractivity contribution in [3.8, 4) is 0 Å². The Labute approximate surface area is 152 Å². The third-order valence-electron chi connectivity index (χ3n) is 4.70. The van der Waals surface area contributed by atoms with Crippen molar-refractivity contribution in [3.63, 3.8) is 0 Å². The van der Waals surface area contributed by atoms with Gasteiger partial charge in [-0.2, -0.15) is 0 Å². The molecule has 0 radical (unpaired) electrons. The van der Waals surface area contributed by atoms with Gasteiger partial charge in [0.15, 0.2) is 0 Å². The molecule has 5 heteroatoms. The van der Waals surface area contributed by atoms with Crippen LogP contribution in [0.25, 0.3) is 0 Å². The fourth-order valence-electron chi connectivity index (χ4n) is 3.51. The van der Waals surface area contributed by atoms with Gasteiger partial charge in [-0.25, -0.2) is 0 Å². The van der Waals surface area contributed by atoms with Gasteiger partial charge >= 0.3 is 5.97 Å². The monoisotopic (exact) mass is 395 g/mol. The summed E-state index contributed by atoms with van der Waals surface area (Å²) >= 11 is 3.40. The van der Waals surface area contributed by atoms with Gasteiger partial charge in [-0.15, -0.1) is 5.06 Å². The van der Waals surface area contributed by atoms with Crippen LogP contribution in [0, 0.1) is 0 Å². The van der Waals surface area contributed by atoms with Crippen molar-refractivity contribution in [1.29, 1.82) is 0 Å². The topological polar surface area (TPSA) is 46.6 Å². The number of hydrogen-bond acceptors (Lipinski definition) is 4. The first-order chi connectivity index (χ1) is 11.2. The predicted molar refractivity (Wildman–Crippen MR) is 97.8 cm³/mol. The van der Waals surface area contributed by atoms with Gasteiger partial charge in [0, 0.05) is 10.0 Å². The Bertz CT molecular complexity index is 609. The number of hydroxylamine groups is 2. The zero-order valence-corrected chi connectivity index (χ0v) is 16.5. The van der Waals surface area contributed by atoms with Gasteiger partial charge in [-0.05, 0) is 71.1 Å². The molecule has 0 aromatic heterocycles. The van der Waals surface area contributed by atoms with Crippen LogP contribution in [-0.2, 0) is 16.1 Å². The fraction of sp³-hybridized carbons (Fsp3) is 0.579. The second-order valence-electron chi connectivity index (χ2n) is 7.70. The molecule has 1 heterocycles. The van der Waals surface area contributed by atoms with Crippen LogP contribution in [0.5, 0.6) is 0 Å². The molecule has 4 nitrogen and oxygen atoms in total. The van der Waals surface area contributed by atoms with E-state index in [-0.39, 0.29) is 23.5 Å². The zero-order valence-electron chi connectivity index (χ0n) is 14.9. The highest BCUT2D eigenvalue weighted by atomic mass is 79.9. The van der Waals surface area contributed by atoms with Crippen LogP contribution in [0.1, 0.15) is 69.3 Å². The van der Waals surface area contributed by atoms with Crippen molar-refractivity contribution in [2.45, 2.75) is 70.9 Å². The Morgan fingerprint density at radius 2 is 1.88 bits per heavy atom. The summed E-state index contributed by atoms with van der Waals surface area (Å²) in [6.07, 6.45) is 4.70. The average Bonchev–Trinajstić information content (AvgIpc) is 2.49. The number of piperidine rings is 1. The molecule has 1 saturated heterocycles. The molecule has 0 saturated carbocycles. The summed E-state index contributed by atoms with van der Waals surface area (Å²) in [4.78, 5) is 29.3. The van der Waals surface area contributed by atoms with E-state index in [0.717, 1.165) is 35.6 Å². The molecule has 0 spiro atoms. The van der Waals surface area contributed by atoms with Gasteiger partial charge in [-0.3, -0.25) is 9.59 Å². The molecule has 0 amide bonds. The van der Waals surface area contributed by atoms with E-state index in [0.29, 0.717) is 12.0 Å². The first-order valence-corrected chi connectivity index (χ1v) is 9.20. The third kappa shape index (κ3) is 4.45. The molecule has 0 unspecified atom stereocenters. The number of nitrogens with zero attached hydrogens (tertiary/aromatic N) is 1. The summed E-state index contributed by atoms with van der Waals surface area (Å²) in [5.74, 6) is -0.255. The summed E-state index contributed by atoms with van der Waals surface area (Å²) in [5, 5.41) is 1.87. The maximum Gasteiger partial charge on any atom is 0.325 e. The first-order valence-electron chi connectivity index (χ1n) is 8.40. The number of rotatable bonds is 5.